The van der Waals surface area contributed by atoms with E-state index in [4.69, 9.17) is 14.2 Å². The fourth-order valence-corrected chi connectivity index (χ4v) is 3.48. The SMILES string of the molecule is C[C@H]1O[C@H](C2CCCC2)CC2=C1C(=O)OC(C)(C)O2. The lowest BCUT2D eigenvalue weighted by Crippen LogP contribution is -2.45. The average Bonchev–Trinajstić information content (AvgIpc) is 2.78. The van der Waals surface area contributed by atoms with Crippen LogP contribution >= 0.6 is 0 Å². The Bertz CT molecular complexity index is 418. The molecule has 0 amide bonds. The predicted molar refractivity (Wildman–Crippen MR) is 69.2 cm³/mol. The summed E-state index contributed by atoms with van der Waals surface area (Å²) in [5.74, 6) is 0.259. The van der Waals surface area contributed by atoms with E-state index in [1.54, 1.807) is 13.8 Å². The molecule has 1 saturated carbocycles. The molecule has 19 heavy (non-hydrogen) atoms. The van der Waals surface area contributed by atoms with Gasteiger partial charge in [-0.25, -0.2) is 4.79 Å². The fraction of sp³-hybridized carbons (Fsp3) is 0.800. The van der Waals surface area contributed by atoms with E-state index in [1.807, 2.05) is 6.92 Å². The minimum absolute atomic E-state index is 0.193. The second-order valence-electron chi connectivity index (χ2n) is 6.29. The summed E-state index contributed by atoms with van der Waals surface area (Å²) < 4.78 is 17.2. The van der Waals surface area contributed by atoms with Crippen molar-refractivity contribution in [3.63, 3.8) is 0 Å². The third kappa shape index (κ3) is 2.38. The van der Waals surface area contributed by atoms with Gasteiger partial charge < -0.3 is 14.2 Å². The minimum atomic E-state index is -0.854. The number of hydrogen-bond donors (Lipinski definition) is 0. The van der Waals surface area contributed by atoms with Crippen molar-refractivity contribution >= 4 is 5.97 Å². The van der Waals surface area contributed by atoms with Crippen LogP contribution < -0.4 is 0 Å². The van der Waals surface area contributed by atoms with E-state index in [2.05, 4.69) is 0 Å². The molecule has 0 aromatic rings. The molecule has 0 bridgehead atoms. The van der Waals surface area contributed by atoms with Gasteiger partial charge in [0.2, 0.25) is 5.79 Å². The Morgan fingerprint density at radius 3 is 2.53 bits per heavy atom. The predicted octanol–water partition coefficient (Wildman–Crippen LogP) is 2.92. The summed E-state index contributed by atoms with van der Waals surface area (Å²) in [7, 11) is 0. The third-order valence-electron chi connectivity index (χ3n) is 4.33. The Morgan fingerprint density at radius 1 is 1.16 bits per heavy atom. The molecule has 3 aliphatic rings. The van der Waals surface area contributed by atoms with Crippen molar-refractivity contribution in [2.24, 2.45) is 5.92 Å². The van der Waals surface area contributed by atoms with Crippen molar-refractivity contribution in [2.75, 3.05) is 0 Å². The van der Waals surface area contributed by atoms with Crippen molar-refractivity contribution in [1.29, 1.82) is 0 Å². The smallest absolute Gasteiger partial charge is 0.343 e. The van der Waals surface area contributed by atoms with Crippen LogP contribution in [0.15, 0.2) is 11.3 Å². The van der Waals surface area contributed by atoms with Crippen LogP contribution in [0.25, 0.3) is 0 Å². The Labute approximate surface area is 114 Å². The fourth-order valence-electron chi connectivity index (χ4n) is 3.48. The Balaban J connectivity index is 1.84. The van der Waals surface area contributed by atoms with Crippen molar-refractivity contribution in [2.45, 2.75) is 70.9 Å². The molecule has 2 aliphatic heterocycles. The summed E-state index contributed by atoms with van der Waals surface area (Å²) in [6.07, 6.45) is 5.72. The molecule has 4 heteroatoms. The quantitative estimate of drug-likeness (QED) is 0.684. The van der Waals surface area contributed by atoms with Crippen LogP contribution in [0.2, 0.25) is 0 Å². The molecule has 1 fully saturated rings. The highest BCUT2D eigenvalue weighted by Crippen LogP contribution is 2.41. The molecule has 0 aromatic heterocycles. The lowest BCUT2D eigenvalue weighted by molar-refractivity contribution is -0.218. The van der Waals surface area contributed by atoms with E-state index in [0.29, 0.717) is 17.9 Å². The van der Waals surface area contributed by atoms with Gasteiger partial charge in [0.05, 0.1) is 12.2 Å². The average molecular weight is 266 g/mol. The van der Waals surface area contributed by atoms with Crippen molar-refractivity contribution in [3.8, 4) is 0 Å². The van der Waals surface area contributed by atoms with Gasteiger partial charge in [-0.1, -0.05) is 12.8 Å². The molecular formula is C15H22O4. The van der Waals surface area contributed by atoms with Gasteiger partial charge in [-0.3, -0.25) is 0 Å². The van der Waals surface area contributed by atoms with E-state index in [-0.39, 0.29) is 18.2 Å². The van der Waals surface area contributed by atoms with E-state index >= 15 is 0 Å². The zero-order valence-electron chi connectivity index (χ0n) is 11.9. The molecule has 0 radical (unpaired) electrons. The summed E-state index contributed by atoms with van der Waals surface area (Å²) in [5.41, 5.74) is 0.577. The van der Waals surface area contributed by atoms with Gasteiger partial charge >= 0.3 is 5.97 Å². The number of carbonyl (C=O) groups excluding carboxylic acids is 1. The molecule has 106 valence electrons. The summed E-state index contributed by atoms with van der Waals surface area (Å²) >= 11 is 0. The highest BCUT2D eigenvalue weighted by atomic mass is 16.7. The zero-order valence-corrected chi connectivity index (χ0v) is 11.9. The number of carbonyl (C=O) groups is 1. The highest BCUT2D eigenvalue weighted by molar-refractivity contribution is 5.91. The number of cyclic esters (lactones) is 1. The first-order valence-corrected chi connectivity index (χ1v) is 7.27. The number of ether oxygens (including phenoxy) is 3. The summed E-state index contributed by atoms with van der Waals surface area (Å²) in [5, 5.41) is 0. The van der Waals surface area contributed by atoms with Gasteiger partial charge in [-0.05, 0) is 25.7 Å². The standard InChI is InChI=1S/C15H22O4/c1-9-13-12(18-15(2,3)19-14(13)16)8-11(17-9)10-6-4-5-7-10/h9-11H,4-8H2,1-3H3/t9-,11+/m1/s1. The second-order valence-corrected chi connectivity index (χ2v) is 6.29. The van der Waals surface area contributed by atoms with Crippen LogP contribution in [-0.4, -0.2) is 24.0 Å². The van der Waals surface area contributed by atoms with Crippen LogP contribution in [0, 0.1) is 5.92 Å². The number of esters is 1. The zero-order chi connectivity index (χ0) is 13.6. The first kappa shape index (κ1) is 13.0. The van der Waals surface area contributed by atoms with Crippen molar-refractivity contribution in [1.82, 2.24) is 0 Å². The molecule has 2 atom stereocenters. The maximum Gasteiger partial charge on any atom is 0.343 e. The molecule has 4 nitrogen and oxygen atoms in total. The lowest BCUT2D eigenvalue weighted by atomic mass is 9.91. The molecular weight excluding hydrogens is 244 g/mol. The maximum absolute atomic E-state index is 12.0. The third-order valence-corrected chi connectivity index (χ3v) is 4.33. The van der Waals surface area contributed by atoms with Crippen LogP contribution in [0.5, 0.6) is 0 Å². The summed E-state index contributed by atoms with van der Waals surface area (Å²) in [6.45, 7) is 5.47. The molecule has 0 N–H and O–H groups in total. The molecule has 2 heterocycles. The van der Waals surface area contributed by atoms with E-state index in [1.165, 1.54) is 25.7 Å². The molecule has 0 spiro atoms. The van der Waals surface area contributed by atoms with Crippen molar-refractivity contribution in [3.05, 3.63) is 11.3 Å². The maximum atomic E-state index is 12.0. The van der Waals surface area contributed by atoms with Gasteiger partial charge in [0.25, 0.3) is 0 Å². The summed E-state index contributed by atoms with van der Waals surface area (Å²) in [6, 6.07) is 0. The normalized spacial score (nSPS) is 34.8. The van der Waals surface area contributed by atoms with Gasteiger partial charge in [0.1, 0.15) is 11.3 Å². The van der Waals surface area contributed by atoms with Crippen LogP contribution in [0.3, 0.4) is 0 Å². The monoisotopic (exact) mass is 266 g/mol. The number of hydrogen-bond acceptors (Lipinski definition) is 4. The molecule has 1 aliphatic carbocycles. The summed E-state index contributed by atoms with van der Waals surface area (Å²) in [4.78, 5) is 12.0. The second kappa shape index (κ2) is 4.51. The van der Waals surface area contributed by atoms with E-state index in [9.17, 15) is 4.79 Å². The van der Waals surface area contributed by atoms with Crippen LogP contribution in [0.4, 0.5) is 0 Å². The molecule has 0 saturated heterocycles. The molecule has 3 rings (SSSR count). The molecule has 0 unspecified atom stereocenters. The van der Waals surface area contributed by atoms with Crippen LogP contribution in [0.1, 0.15) is 52.9 Å². The Kier molecular flexibility index (Phi) is 3.08. The van der Waals surface area contributed by atoms with Gasteiger partial charge in [-0.2, -0.15) is 0 Å². The highest BCUT2D eigenvalue weighted by Gasteiger charge is 2.44. The topological polar surface area (TPSA) is 44.8 Å². The van der Waals surface area contributed by atoms with Crippen LogP contribution in [-0.2, 0) is 19.0 Å². The van der Waals surface area contributed by atoms with Gasteiger partial charge in [0, 0.05) is 20.3 Å². The molecule has 0 aromatic carbocycles. The van der Waals surface area contributed by atoms with E-state index in [0.717, 1.165) is 5.76 Å². The number of rotatable bonds is 1. The Morgan fingerprint density at radius 2 is 1.84 bits per heavy atom. The van der Waals surface area contributed by atoms with Gasteiger partial charge in [0.15, 0.2) is 0 Å². The first-order chi connectivity index (χ1) is 8.96. The lowest BCUT2D eigenvalue weighted by Gasteiger charge is -2.41. The Hall–Kier alpha value is -1.03. The first-order valence-electron chi connectivity index (χ1n) is 7.27. The van der Waals surface area contributed by atoms with E-state index < -0.39 is 5.79 Å². The largest absolute Gasteiger partial charge is 0.456 e. The minimum Gasteiger partial charge on any atom is -0.456 e. The van der Waals surface area contributed by atoms with Gasteiger partial charge in [-0.15, -0.1) is 0 Å². The van der Waals surface area contributed by atoms with Crippen molar-refractivity contribution < 1.29 is 19.0 Å².